The van der Waals surface area contributed by atoms with Crippen molar-refractivity contribution in [2.75, 3.05) is 7.05 Å². The molecule has 2 nitrogen and oxygen atoms in total. The second-order valence-corrected chi connectivity index (χ2v) is 2.89. The zero-order chi connectivity index (χ0) is 9.23. The highest BCUT2D eigenvalue weighted by Crippen LogP contribution is 2.11. The standard InChI is InChI=1S/C10H20N2/c1-4-6-7-8-9-10(5-2)12-11-3/h5H,4,6-9H2,1-3H3/b10-5-,12-11?. The van der Waals surface area contributed by atoms with E-state index in [1.165, 1.54) is 25.7 Å². The Labute approximate surface area is 75.8 Å². The largest absolute Gasteiger partial charge is 0.192 e. The lowest BCUT2D eigenvalue weighted by molar-refractivity contribution is 0.659. The smallest absolute Gasteiger partial charge is 0.0583 e. The summed E-state index contributed by atoms with van der Waals surface area (Å²) in [5.41, 5.74) is 1.12. The van der Waals surface area contributed by atoms with Crippen molar-refractivity contribution in [3.05, 3.63) is 11.8 Å². The SMILES string of the molecule is C/C=C(/CCCCCC)N=NC. The lowest BCUT2D eigenvalue weighted by atomic mass is 10.1. The molecule has 0 saturated carbocycles. The average molecular weight is 168 g/mol. The van der Waals surface area contributed by atoms with E-state index in [1.807, 2.05) is 13.0 Å². The van der Waals surface area contributed by atoms with Gasteiger partial charge in [0.15, 0.2) is 0 Å². The predicted molar refractivity (Wildman–Crippen MR) is 53.3 cm³/mol. The number of hydrogen-bond donors (Lipinski definition) is 0. The molecule has 0 heterocycles. The monoisotopic (exact) mass is 168 g/mol. The molecule has 0 aromatic heterocycles. The summed E-state index contributed by atoms with van der Waals surface area (Å²) in [6.07, 6.45) is 8.30. The minimum absolute atomic E-state index is 1.08. The highest BCUT2D eigenvalue weighted by Gasteiger charge is 1.93. The van der Waals surface area contributed by atoms with Gasteiger partial charge in [0.2, 0.25) is 0 Å². The first kappa shape index (κ1) is 11.3. The molecule has 0 fully saturated rings. The number of rotatable bonds is 6. The van der Waals surface area contributed by atoms with Crippen LogP contribution in [0, 0.1) is 0 Å². The molecule has 0 bridgehead atoms. The Hall–Kier alpha value is -0.660. The topological polar surface area (TPSA) is 24.7 Å². The van der Waals surface area contributed by atoms with Crippen LogP contribution in [-0.2, 0) is 0 Å². The molecule has 2 heteroatoms. The molecular formula is C10H20N2. The first-order chi connectivity index (χ1) is 5.85. The number of allylic oxidation sites excluding steroid dienone is 2. The van der Waals surface area contributed by atoms with E-state index in [2.05, 4.69) is 17.2 Å². The summed E-state index contributed by atoms with van der Waals surface area (Å²) in [7, 11) is 1.72. The quantitative estimate of drug-likeness (QED) is 0.424. The predicted octanol–water partition coefficient (Wildman–Crippen LogP) is 3.94. The van der Waals surface area contributed by atoms with Crippen molar-refractivity contribution in [3.8, 4) is 0 Å². The second kappa shape index (κ2) is 8.44. The third kappa shape index (κ3) is 6.08. The minimum Gasteiger partial charge on any atom is -0.192 e. The van der Waals surface area contributed by atoms with E-state index in [-0.39, 0.29) is 0 Å². The molecule has 0 rings (SSSR count). The van der Waals surface area contributed by atoms with Crippen molar-refractivity contribution < 1.29 is 0 Å². The van der Waals surface area contributed by atoms with Crippen molar-refractivity contribution in [3.63, 3.8) is 0 Å². The summed E-state index contributed by atoms with van der Waals surface area (Å²) < 4.78 is 0. The van der Waals surface area contributed by atoms with Gasteiger partial charge in [-0.1, -0.05) is 32.3 Å². The van der Waals surface area contributed by atoms with Crippen LogP contribution in [0.3, 0.4) is 0 Å². The maximum Gasteiger partial charge on any atom is 0.0583 e. The lowest BCUT2D eigenvalue weighted by Crippen LogP contribution is -1.80. The molecule has 0 amide bonds. The van der Waals surface area contributed by atoms with Crippen LogP contribution in [-0.4, -0.2) is 7.05 Å². The van der Waals surface area contributed by atoms with E-state index in [0.717, 1.165) is 12.1 Å². The summed E-state index contributed by atoms with van der Waals surface area (Å²) in [4.78, 5) is 0. The molecule has 0 aliphatic rings. The fourth-order valence-corrected chi connectivity index (χ4v) is 1.11. The van der Waals surface area contributed by atoms with E-state index in [1.54, 1.807) is 7.05 Å². The van der Waals surface area contributed by atoms with Gasteiger partial charge in [0.05, 0.1) is 5.70 Å². The fraction of sp³-hybridized carbons (Fsp3) is 0.800. The van der Waals surface area contributed by atoms with E-state index in [4.69, 9.17) is 0 Å². The summed E-state index contributed by atoms with van der Waals surface area (Å²) >= 11 is 0. The summed E-state index contributed by atoms with van der Waals surface area (Å²) in [6.45, 7) is 4.24. The fourth-order valence-electron chi connectivity index (χ4n) is 1.11. The van der Waals surface area contributed by atoms with Crippen LogP contribution in [0.4, 0.5) is 0 Å². The molecule has 0 N–H and O–H groups in total. The normalized spacial score (nSPS) is 12.8. The number of azo groups is 1. The van der Waals surface area contributed by atoms with Gasteiger partial charge in [-0.05, 0) is 19.8 Å². The van der Waals surface area contributed by atoms with Crippen molar-refractivity contribution >= 4 is 0 Å². The van der Waals surface area contributed by atoms with Crippen LogP contribution in [0.15, 0.2) is 22.0 Å². The molecule has 0 unspecified atom stereocenters. The molecule has 0 aliphatic carbocycles. The molecule has 0 saturated heterocycles. The van der Waals surface area contributed by atoms with Gasteiger partial charge in [-0.15, -0.1) is 0 Å². The molecule has 0 aromatic rings. The van der Waals surface area contributed by atoms with Gasteiger partial charge < -0.3 is 0 Å². The summed E-state index contributed by atoms with van der Waals surface area (Å²) in [5.74, 6) is 0. The highest BCUT2D eigenvalue weighted by atomic mass is 15.1. The molecule has 0 atom stereocenters. The maximum atomic E-state index is 4.03. The molecular weight excluding hydrogens is 148 g/mol. The van der Waals surface area contributed by atoms with Crippen LogP contribution in [0.25, 0.3) is 0 Å². The Bertz CT molecular complexity index is 148. The van der Waals surface area contributed by atoms with Gasteiger partial charge in [-0.25, -0.2) is 0 Å². The molecule has 12 heavy (non-hydrogen) atoms. The van der Waals surface area contributed by atoms with Crippen molar-refractivity contribution in [1.29, 1.82) is 0 Å². The van der Waals surface area contributed by atoms with Crippen LogP contribution in [0.1, 0.15) is 46.0 Å². The number of hydrogen-bond acceptors (Lipinski definition) is 2. The van der Waals surface area contributed by atoms with Crippen LogP contribution in [0.2, 0.25) is 0 Å². The van der Waals surface area contributed by atoms with Gasteiger partial charge >= 0.3 is 0 Å². The zero-order valence-electron chi connectivity index (χ0n) is 8.51. The minimum atomic E-state index is 1.08. The van der Waals surface area contributed by atoms with Crippen molar-refractivity contribution in [2.45, 2.75) is 46.0 Å². The molecule has 70 valence electrons. The van der Waals surface area contributed by atoms with Crippen LogP contribution >= 0.6 is 0 Å². The van der Waals surface area contributed by atoms with E-state index in [0.29, 0.717) is 0 Å². The Morgan fingerprint density at radius 2 is 2.00 bits per heavy atom. The zero-order valence-corrected chi connectivity index (χ0v) is 8.51. The first-order valence-corrected chi connectivity index (χ1v) is 4.80. The van der Waals surface area contributed by atoms with Gasteiger partial charge in [-0.3, -0.25) is 0 Å². The van der Waals surface area contributed by atoms with Gasteiger partial charge in [0, 0.05) is 7.05 Å². The van der Waals surface area contributed by atoms with Gasteiger partial charge in [0.1, 0.15) is 0 Å². The van der Waals surface area contributed by atoms with E-state index in [9.17, 15) is 0 Å². The van der Waals surface area contributed by atoms with Crippen LogP contribution < -0.4 is 0 Å². The second-order valence-electron chi connectivity index (χ2n) is 2.89. The van der Waals surface area contributed by atoms with Crippen molar-refractivity contribution in [1.82, 2.24) is 0 Å². The third-order valence-corrected chi connectivity index (χ3v) is 1.85. The molecule has 0 spiro atoms. The van der Waals surface area contributed by atoms with Crippen LogP contribution in [0.5, 0.6) is 0 Å². The lowest BCUT2D eigenvalue weighted by Gasteiger charge is -1.98. The Morgan fingerprint density at radius 3 is 2.50 bits per heavy atom. The third-order valence-electron chi connectivity index (χ3n) is 1.85. The van der Waals surface area contributed by atoms with E-state index < -0.39 is 0 Å². The molecule has 0 radical (unpaired) electrons. The molecule has 0 aliphatic heterocycles. The number of unbranched alkanes of at least 4 members (excludes halogenated alkanes) is 3. The maximum absolute atomic E-state index is 4.03. The number of nitrogens with zero attached hydrogens (tertiary/aromatic N) is 2. The Balaban J connectivity index is 3.46. The summed E-state index contributed by atoms with van der Waals surface area (Å²) in [5, 5.41) is 7.79. The Kier molecular flexibility index (Phi) is 7.97. The average Bonchev–Trinajstić information content (AvgIpc) is 2.10. The highest BCUT2D eigenvalue weighted by molar-refractivity contribution is 4.96. The van der Waals surface area contributed by atoms with Gasteiger partial charge in [0.25, 0.3) is 0 Å². The van der Waals surface area contributed by atoms with E-state index >= 15 is 0 Å². The van der Waals surface area contributed by atoms with Gasteiger partial charge in [-0.2, -0.15) is 10.2 Å². The van der Waals surface area contributed by atoms with Crippen molar-refractivity contribution in [2.24, 2.45) is 10.2 Å². The summed E-state index contributed by atoms with van der Waals surface area (Å²) in [6, 6.07) is 0. The first-order valence-electron chi connectivity index (χ1n) is 4.80. The molecule has 0 aromatic carbocycles. The Morgan fingerprint density at radius 1 is 1.25 bits per heavy atom.